The Kier molecular flexibility index (Phi) is 6.63. The predicted octanol–water partition coefficient (Wildman–Crippen LogP) is 3.10. The zero-order chi connectivity index (χ0) is 26.0. The van der Waals surface area contributed by atoms with Gasteiger partial charge in [-0.25, -0.2) is 19.6 Å². The van der Waals surface area contributed by atoms with E-state index in [4.69, 9.17) is 10.5 Å². The van der Waals surface area contributed by atoms with E-state index in [-0.39, 0.29) is 12.6 Å². The summed E-state index contributed by atoms with van der Waals surface area (Å²) < 4.78 is 36.3. The minimum atomic E-state index is -2.83. The summed E-state index contributed by atoms with van der Waals surface area (Å²) >= 11 is 0. The molecule has 192 valence electrons. The second kappa shape index (κ2) is 10.0. The number of hydrogen-bond donors (Lipinski definition) is 2. The molecule has 13 heteroatoms. The van der Waals surface area contributed by atoms with Crippen LogP contribution in [-0.4, -0.2) is 68.7 Å². The lowest BCUT2D eigenvalue weighted by Crippen LogP contribution is -2.65. The summed E-state index contributed by atoms with van der Waals surface area (Å²) in [6.45, 7) is -2.20. The monoisotopic (exact) mass is 509 g/mol. The number of nitrogens with one attached hydrogen (secondary N) is 1. The molecule has 11 nitrogen and oxygen atoms in total. The summed E-state index contributed by atoms with van der Waals surface area (Å²) in [7, 11) is 3.29. The number of nitrogens with zero attached hydrogens (tertiary/aromatic N) is 7. The van der Waals surface area contributed by atoms with Gasteiger partial charge >= 0.3 is 6.61 Å². The average Bonchev–Trinajstić information content (AvgIpc) is 3.24. The highest BCUT2D eigenvalue weighted by Gasteiger charge is 2.45. The molecule has 0 radical (unpaired) electrons. The van der Waals surface area contributed by atoms with Crippen molar-refractivity contribution in [3.05, 3.63) is 54.9 Å². The second-order valence-electron chi connectivity index (χ2n) is 8.60. The Bertz CT molecular complexity index is 1360. The first-order valence-electron chi connectivity index (χ1n) is 11.4. The molecule has 5 rings (SSSR count). The number of methoxy groups -OCH3 is 1. The Morgan fingerprint density at radius 3 is 2.46 bits per heavy atom. The highest BCUT2D eigenvalue weighted by atomic mass is 19.3. The summed E-state index contributed by atoms with van der Waals surface area (Å²) in [6, 6.07) is 13.2. The van der Waals surface area contributed by atoms with Gasteiger partial charge in [0.15, 0.2) is 5.82 Å². The lowest BCUT2D eigenvalue weighted by Gasteiger charge is -2.49. The van der Waals surface area contributed by atoms with E-state index in [1.54, 1.807) is 30.2 Å². The van der Waals surface area contributed by atoms with Crippen molar-refractivity contribution >= 4 is 23.4 Å². The molecule has 1 aliphatic heterocycles. The van der Waals surface area contributed by atoms with Gasteiger partial charge in [-0.15, -0.1) is 5.10 Å². The second-order valence-corrected chi connectivity index (χ2v) is 8.60. The number of alkyl halides is 2. The molecule has 0 spiro atoms. The van der Waals surface area contributed by atoms with Gasteiger partial charge in [0.05, 0.1) is 25.4 Å². The van der Waals surface area contributed by atoms with Gasteiger partial charge < -0.3 is 25.4 Å². The molecule has 37 heavy (non-hydrogen) atoms. The third kappa shape index (κ3) is 5.32. The zero-order valence-electron chi connectivity index (χ0n) is 20.2. The van der Waals surface area contributed by atoms with E-state index in [0.717, 1.165) is 22.5 Å². The molecule has 4 aromatic rings. The molecule has 0 saturated carbocycles. The maximum atomic E-state index is 12.4. The molecular formula is C24H25F2N9O2. The summed E-state index contributed by atoms with van der Waals surface area (Å²) in [5, 5.41) is 7.75. The summed E-state index contributed by atoms with van der Waals surface area (Å²) in [6.07, 6.45) is 3.30. The number of aromatic nitrogens is 6. The molecule has 0 aliphatic carbocycles. The molecule has 3 N–H and O–H groups in total. The Hall–Kier alpha value is -4.23. The zero-order valence-corrected chi connectivity index (χ0v) is 20.2. The molecule has 1 aromatic carbocycles. The molecule has 0 bridgehead atoms. The fraction of sp³-hybridized carbons (Fsp3) is 0.292. The first-order chi connectivity index (χ1) is 17.8. The van der Waals surface area contributed by atoms with E-state index in [9.17, 15) is 8.78 Å². The summed E-state index contributed by atoms with van der Waals surface area (Å²) in [4.78, 5) is 19.2. The number of hydrogen-bond acceptors (Lipinski definition) is 10. The highest BCUT2D eigenvalue weighted by Crippen LogP contribution is 2.31. The van der Waals surface area contributed by atoms with Crippen molar-refractivity contribution < 1.29 is 18.3 Å². The van der Waals surface area contributed by atoms with E-state index in [0.29, 0.717) is 30.7 Å². The van der Waals surface area contributed by atoms with Crippen molar-refractivity contribution in [2.24, 2.45) is 7.05 Å². The van der Waals surface area contributed by atoms with Crippen molar-refractivity contribution in [2.45, 2.75) is 12.2 Å². The SMILES string of the molecule is COC1(COC(F)F)CN(c2ccc(-c3nc(Nc4ccc(-c5ccnc(N)n5)cc4)n(C)n3)cn2)C1. The Morgan fingerprint density at radius 2 is 1.81 bits per heavy atom. The molecular weight excluding hydrogens is 484 g/mol. The van der Waals surface area contributed by atoms with Gasteiger partial charge in [0, 0.05) is 43.4 Å². The number of pyridine rings is 1. The van der Waals surface area contributed by atoms with Gasteiger partial charge in [-0.2, -0.15) is 13.8 Å². The van der Waals surface area contributed by atoms with Crippen LogP contribution in [0, 0.1) is 0 Å². The minimum Gasteiger partial charge on any atom is -0.372 e. The fourth-order valence-corrected chi connectivity index (χ4v) is 4.01. The summed E-state index contributed by atoms with van der Waals surface area (Å²) in [5.41, 5.74) is 8.13. The van der Waals surface area contributed by atoms with Crippen LogP contribution < -0.4 is 16.0 Å². The maximum absolute atomic E-state index is 12.4. The third-order valence-electron chi connectivity index (χ3n) is 6.07. The number of nitrogen functional groups attached to an aromatic ring is 1. The lowest BCUT2D eigenvalue weighted by molar-refractivity contribution is -0.183. The van der Waals surface area contributed by atoms with Crippen LogP contribution in [0.3, 0.4) is 0 Å². The first-order valence-corrected chi connectivity index (χ1v) is 11.4. The van der Waals surface area contributed by atoms with Crippen LogP contribution in [0.4, 0.5) is 32.2 Å². The Labute approximate surface area is 211 Å². The quantitative estimate of drug-likeness (QED) is 0.347. The van der Waals surface area contributed by atoms with Crippen LogP contribution in [0.1, 0.15) is 0 Å². The van der Waals surface area contributed by atoms with Gasteiger partial charge in [-0.1, -0.05) is 12.1 Å². The van der Waals surface area contributed by atoms with Crippen molar-refractivity contribution in [2.75, 3.05) is 42.8 Å². The smallest absolute Gasteiger partial charge is 0.345 e. The molecule has 0 unspecified atom stereocenters. The van der Waals surface area contributed by atoms with E-state index in [1.807, 2.05) is 41.3 Å². The molecule has 0 atom stereocenters. The van der Waals surface area contributed by atoms with Crippen molar-refractivity contribution in [1.82, 2.24) is 29.7 Å². The van der Waals surface area contributed by atoms with E-state index >= 15 is 0 Å². The van der Waals surface area contributed by atoms with Gasteiger partial charge in [-0.3, -0.25) is 0 Å². The van der Waals surface area contributed by atoms with Crippen LogP contribution in [0.15, 0.2) is 54.9 Å². The number of nitrogens with two attached hydrogens (primary N) is 1. The topological polar surface area (TPSA) is 129 Å². The predicted molar refractivity (Wildman–Crippen MR) is 133 cm³/mol. The van der Waals surface area contributed by atoms with E-state index < -0.39 is 12.2 Å². The Morgan fingerprint density at radius 1 is 1.05 bits per heavy atom. The minimum absolute atomic E-state index is 0.179. The fourth-order valence-electron chi connectivity index (χ4n) is 4.01. The number of halogens is 2. The van der Waals surface area contributed by atoms with Crippen molar-refractivity contribution in [3.8, 4) is 22.6 Å². The van der Waals surface area contributed by atoms with Gasteiger partial charge in [0.2, 0.25) is 11.9 Å². The highest BCUT2D eigenvalue weighted by molar-refractivity contribution is 5.66. The molecule has 3 aromatic heterocycles. The van der Waals surface area contributed by atoms with E-state index in [1.165, 1.54) is 7.11 Å². The van der Waals surface area contributed by atoms with Crippen LogP contribution >= 0.6 is 0 Å². The normalized spacial score (nSPS) is 14.6. The Balaban J connectivity index is 1.23. The standard InChI is InChI=1S/C24H25F2N9O2/c1-34-23(30-17-6-3-15(4-7-17)18-9-10-28-22(27)31-18)32-20(33-34)16-5-8-19(29-11-16)35-12-24(13-35,36-2)14-37-21(25)26/h3-11,21H,12-14H2,1-2H3,(H2,27,28,31)(H,30,32,33). The van der Waals surface area contributed by atoms with Crippen molar-refractivity contribution in [1.29, 1.82) is 0 Å². The van der Waals surface area contributed by atoms with Crippen LogP contribution in [0.25, 0.3) is 22.6 Å². The number of aryl methyl sites for hydroxylation is 1. The molecule has 4 heterocycles. The molecule has 1 saturated heterocycles. The van der Waals surface area contributed by atoms with E-state index in [2.05, 4.69) is 35.1 Å². The molecule has 0 amide bonds. The number of benzene rings is 1. The number of rotatable bonds is 9. The van der Waals surface area contributed by atoms with Crippen LogP contribution in [-0.2, 0) is 16.5 Å². The number of ether oxygens (including phenoxy) is 2. The van der Waals surface area contributed by atoms with Gasteiger partial charge in [-0.05, 0) is 30.3 Å². The average molecular weight is 510 g/mol. The largest absolute Gasteiger partial charge is 0.372 e. The summed E-state index contributed by atoms with van der Waals surface area (Å²) in [5.74, 6) is 2.00. The molecule has 1 fully saturated rings. The third-order valence-corrected chi connectivity index (χ3v) is 6.07. The van der Waals surface area contributed by atoms with Gasteiger partial charge in [0.1, 0.15) is 11.4 Å². The molecule has 1 aliphatic rings. The first kappa shape index (κ1) is 24.5. The van der Waals surface area contributed by atoms with Crippen molar-refractivity contribution in [3.63, 3.8) is 0 Å². The lowest BCUT2D eigenvalue weighted by atomic mass is 9.95. The van der Waals surface area contributed by atoms with Crippen LogP contribution in [0.5, 0.6) is 0 Å². The maximum Gasteiger partial charge on any atom is 0.345 e. The van der Waals surface area contributed by atoms with Gasteiger partial charge in [0.25, 0.3) is 0 Å². The number of anilines is 4. The van der Waals surface area contributed by atoms with Crippen LogP contribution in [0.2, 0.25) is 0 Å².